The van der Waals surface area contributed by atoms with Gasteiger partial charge in [0.25, 0.3) is 10.0 Å². The molecule has 0 saturated carbocycles. The van der Waals surface area contributed by atoms with Crippen molar-refractivity contribution >= 4 is 33.3 Å². The number of aromatic nitrogens is 2. The van der Waals surface area contributed by atoms with Crippen molar-refractivity contribution in [1.29, 1.82) is 0 Å². The maximum Gasteiger partial charge on any atom is 0.262 e. The zero-order valence-electron chi connectivity index (χ0n) is 19.8. The van der Waals surface area contributed by atoms with Crippen LogP contribution in [0.2, 0.25) is 0 Å². The summed E-state index contributed by atoms with van der Waals surface area (Å²) >= 11 is 0. The van der Waals surface area contributed by atoms with E-state index in [1.165, 1.54) is 31.0 Å². The Balaban J connectivity index is 1.79. The van der Waals surface area contributed by atoms with Gasteiger partial charge in [0.05, 0.1) is 30.5 Å². The normalized spacial score (nSPS) is 13.6. The van der Waals surface area contributed by atoms with E-state index in [4.69, 9.17) is 9.47 Å². The van der Waals surface area contributed by atoms with Crippen LogP contribution in [0.5, 0.6) is 11.5 Å². The molecule has 2 aromatic carbocycles. The highest BCUT2D eigenvalue weighted by molar-refractivity contribution is 7.92. The number of carbonyl (C=O) groups excluding carboxylic acids is 2. The third-order valence-corrected chi connectivity index (χ3v) is 7.28. The molecule has 0 unspecified atom stereocenters. The Morgan fingerprint density at radius 1 is 1.06 bits per heavy atom. The van der Waals surface area contributed by atoms with Gasteiger partial charge in [0.2, 0.25) is 11.8 Å². The first-order chi connectivity index (χ1) is 16.7. The molecule has 4 rings (SSSR count). The molecule has 0 fully saturated rings. The Labute approximate surface area is 203 Å². The topological polar surface area (TPSA) is 129 Å². The molecule has 1 aliphatic heterocycles. The SMILES string of the molecule is CCc1nn2c(c1-c1ccc(C)c(S(=O)(=O)Nc3ccc(OC)c(OC)c3)c1)NC(=O)CCC2=O. The zero-order valence-corrected chi connectivity index (χ0v) is 20.7. The minimum Gasteiger partial charge on any atom is -0.493 e. The van der Waals surface area contributed by atoms with E-state index in [0.29, 0.717) is 46.0 Å². The summed E-state index contributed by atoms with van der Waals surface area (Å²) in [6.07, 6.45) is 0.593. The van der Waals surface area contributed by atoms with Crippen molar-refractivity contribution in [2.75, 3.05) is 24.3 Å². The average molecular weight is 499 g/mol. The predicted octanol–water partition coefficient (Wildman–Crippen LogP) is 3.61. The van der Waals surface area contributed by atoms with Gasteiger partial charge in [0.15, 0.2) is 11.5 Å². The summed E-state index contributed by atoms with van der Waals surface area (Å²) in [6.45, 7) is 3.57. The summed E-state index contributed by atoms with van der Waals surface area (Å²) in [5, 5.41) is 7.16. The van der Waals surface area contributed by atoms with Gasteiger partial charge in [-0.2, -0.15) is 9.78 Å². The zero-order chi connectivity index (χ0) is 25.3. The Morgan fingerprint density at radius 3 is 2.49 bits per heavy atom. The van der Waals surface area contributed by atoms with Crippen LogP contribution >= 0.6 is 0 Å². The molecule has 35 heavy (non-hydrogen) atoms. The largest absolute Gasteiger partial charge is 0.493 e. The van der Waals surface area contributed by atoms with Crippen molar-refractivity contribution in [3.63, 3.8) is 0 Å². The molecule has 184 valence electrons. The summed E-state index contributed by atoms with van der Waals surface area (Å²) in [4.78, 5) is 24.8. The number of benzene rings is 2. The number of rotatable bonds is 7. The monoisotopic (exact) mass is 498 g/mol. The number of sulfonamides is 1. The van der Waals surface area contributed by atoms with Crippen LogP contribution in [0, 0.1) is 6.92 Å². The highest BCUT2D eigenvalue weighted by Crippen LogP contribution is 2.36. The Morgan fingerprint density at radius 2 is 1.80 bits per heavy atom. The van der Waals surface area contributed by atoms with E-state index in [9.17, 15) is 18.0 Å². The Kier molecular flexibility index (Phi) is 6.53. The van der Waals surface area contributed by atoms with Gasteiger partial charge in [-0.3, -0.25) is 14.3 Å². The molecular weight excluding hydrogens is 472 g/mol. The Bertz CT molecular complexity index is 1430. The average Bonchev–Trinajstić information content (AvgIpc) is 3.13. The van der Waals surface area contributed by atoms with Gasteiger partial charge >= 0.3 is 0 Å². The standard InChI is InChI=1S/C24H26N4O6S/c1-5-17-23(24-25-21(29)10-11-22(30)28(24)26-17)15-7-6-14(2)20(12-15)35(31,32)27-16-8-9-18(33-3)19(13-16)34-4/h6-9,12-13,27H,5,10-11H2,1-4H3,(H,25,29). The van der Waals surface area contributed by atoms with Crippen molar-refractivity contribution in [3.8, 4) is 22.6 Å². The first kappa shape index (κ1) is 24.3. The maximum absolute atomic E-state index is 13.4. The van der Waals surface area contributed by atoms with Crippen LogP contribution in [0.25, 0.3) is 11.1 Å². The lowest BCUT2D eigenvalue weighted by molar-refractivity contribution is -0.116. The molecular formula is C24H26N4O6S. The third kappa shape index (κ3) is 4.59. The number of fused-ring (bicyclic) bond motifs is 1. The van der Waals surface area contributed by atoms with Crippen LogP contribution < -0.4 is 19.5 Å². The number of amides is 1. The number of nitrogens with one attached hydrogen (secondary N) is 2. The molecule has 0 radical (unpaired) electrons. The summed E-state index contributed by atoms with van der Waals surface area (Å²) in [5.74, 6) is 0.521. The van der Waals surface area contributed by atoms with Crippen LogP contribution in [0.15, 0.2) is 41.3 Å². The lowest BCUT2D eigenvalue weighted by Gasteiger charge is -2.14. The van der Waals surface area contributed by atoms with E-state index >= 15 is 0 Å². The van der Waals surface area contributed by atoms with E-state index in [1.807, 2.05) is 6.92 Å². The van der Waals surface area contributed by atoms with Crippen molar-refractivity contribution in [2.45, 2.75) is 38.0 Å². The van der Waals surface area contributed by atoms with Gasteiger partial charge in [-0.1, -0.05) is 19.1 Å². The molecule has 2 heterocycles. The van der Waals surface area contributed by atoms with Gasteiger partial charge in [0.1, 0.15) is 5.82 Å². The van der Waals surface area contributed by atoms with Crippen molar-refractivity contribution in [2.24, 2.45) is 0 Å². The Hall–Kier alpha value is -3.86. The molecule has 0 bridgehead atoms. The molecule has 0 aliphatic carbocycles. The molecule has 11 heteroatoms. The number of nitrogens with zero attached hydrogens (tertiary/aromatic N) is 2. The molecule has 10 nitrogen and oxygen atoms in total. The van der Waals surface area contributed by atoms with Crippen LogP contribution in [0.4, 0.5) is 11.5 Å². The van der Waals surface area contributed by atoms with Crippen LogP contribution in [0.3, 0.4) is 0 Å². The molecule has 1 aromatic heterocycles. The first-order valence-electron chi connectivity index (χ1n) is 11.0. The van der Waals surface area contributed by atoms with Crippen LogP contribution in [-0.4, -0.2) is 44.2 Å². The van der Waals surface area contributed by atoms with E-state index in [2.05, 4.69) is 15.1 Å². The molecule has 3 aromatic rings. The smallest absolute Gasteiger partial charge is 0.262 e. The second-order valence-electron chi connectivity index (χ2n) is 8.03. The second kappa shape index (κ2) is 9.41. The minimum absolute atomic E-state index is 0.0475. The molecule has 0 atom stereocenters. The number of anilines is 2. The summed E-state index contributed by atoms with van der Waals surface area (Å²) in [5.41, 5.74) is 2.46. The third-order valence-electron chi connectivity index (χ3n) is 5.75. The summed E-state index contributed by atoms with van der Waals surface area (Å²) in [6, 6.07) is 9.67. The molecule has 1 amide bonds. The number of hydrogen-bond donors (Lipinski definition) is 2. The molecule has 0 spiro atoms. The van der Waals surface area contributed by atoms with Crippen LogP contribution in [0.1, 0.15) is 35.8 Å². The van der Waals surface area contributed by atoms with Gasteiger partial charge in [-0.25, -0.2) is 8.42 Å². The van der Waals surface area contributed by atoms with E-state index < -0.39 is 10.0 Å². The second-order valence-corrected chi connectivity index (χ2v) is 9.68. The fraction of sp³-hybridized carbons (Fsp3) is 0.292. The van der Waals surface area contributed by atoms with Gasteiger partial charge < -0.3 is 14.8 Å². The van der Waals surface area contributed by atoms with Gasteiger partial charge in [0, 0.05) is 24.5 Å². The summed E-state index contributed by atoms with van der Waals surface area (Å²) in [7, 11) is -1.04. The highest BCUT2D eigenvalue weighted by Gasteiger charge is 2.28. The van der Waals surface area contributed by atoms with Crippen molar-refractivity contribution in [1.82, 2.24) is 9.78 Å². The lowest BCUT2D eigenvalue weighted by Crippen LogP contribution is -2.15. The van der Waals surface area contributed by atoms with Crippen molar-refractivity contribution < 1.29 is 27.5 Å². The van der Waals surface area contributed by atoms with Crippen LogP contribution in [-0.2, 0) is 21.2 Å². The first-order valence-corrected chi connectivity index (χ1v) is 12.5. The molecule has 1 aliphatic rings. The quantitative estimate of drug-likeness (QED) is 0.509. The van der Waals surface area contributed by atoms with Gasteiger partial charge in [-0.15, -0.1) is 0 Å². The maximum atomic E-state index is 13.4. The number of carbonyl (C=O) groups is 2. The molecule has 2 N–H and O–H groups in total. The summed E-state index contributed by atoms with van der Waals surface area (Å²) < 4.78 is 41.0. The van der Waals surface area contributed by atoms with E-state index in [-0.39, 0.29) is 35.4 Å². The fourth-order valence-corrected chi connectivity index (χ4v) is 5.31. The number of aryl methyl sites for hydroxylation is 2. The molecule has 0 saturated heterocycles. The number of ether oxygens (including phenoxy) is 2. The minimum atomic E-state index is -4.00. The number of methoxy groups -OCH3 is 2. The number of hydrogen-bond acceptors (Lipinski definition) is 7. The van der Waals surface area contributed by atoms with Crippen molar-refractivity contribution in [3.05, 3.63) is 47.7 Å². The van der Waals surface area contributed by atoms with Gasteiger partial charge in [-0.05, 0) is 42.7 Å². The van der Waals surface area contributed by atoms with E-state index in [0.717, 1.165) is 0 Å². The predicted molar refractivity (Wildman–Crippen MR) is 131 cm³/mol. The highest BCUT2D eigenvalue weighted by atomic mass is 32.2. The fourth-order valence-electron chi connectivity index (χ4n) is 3.99. The van der Waals surface area contributed by atoms with E-state index in [1.54, 1.807) is 31.2 Å². The lowest BCUT2D eigenvalue weighted by atomic mass is 10.0.